The Balaban J connectivity index is 1.69. The first-order valence-corrected chi connectivity index (χ1v) is 8.85. The quantitative estimate of drug-likeness (QED) is 0.707. The molecule has 3 aromatic rings. The number of amides is 1. The predicted molar refractivity (Wildman–Crippen MR) is 95.5 cm³/mol. The molecule has 1 amide bonds. The zero-order chi connectivity index (χ0) is 16.9. The molecular weight excluding hydrogens is 346 g/mol. The lowest BCUT2D eigenvalue weighted by Gasteiger charge is -2.06. The summed E-state index contributed by atoms with van der Waals surface area (Å²) in [7, 11) is 0. The van der Waals surface area contributed by atoms with Crippen LogP contribution in [0.3, 0.4) is 0 Å². The molecule has 0 aliphatic rings. The SMILES string of the molecule is CCc1cnc(NC(=O)Oc2nc(C)sc2Nc2cccnc2)s1. The summed E-state index contributed by atoms with van der Waals surface area (Å²) in [5, 5.41) is 7.70. The third-order valence-electron chi connectivity index (χ3n) is 2.92. The third kappa shape index (κ3) is 4.06. The Kier molecular flexibility index (Phi) is 5.02. The average Bonchev–Trinajstić information content (AvgIpc) is 3.15. The summed E-state index contributed by atoms with van der Waals surface area (Å²) >= 11 is 2.82. The van der Waals surface area contributed by atoms with Crippen molar-refractivity contribution in [3.8, 4) is 5.88 Å². The predicted octanol–water partition coefficient (Wildman–Crippen LogP) is 4.22. The van der Waals surface area contributed by atoms with Crippen LogP contribution in [-0.4, -0.2) is 21.0 Å². The van der Waals surface area contributed by atoms with E-state index in [0.717, 1.165) is 22.0 Å². The van der Waals surface area contributed by atoms with Crippen molar-refractivity contribution < 1.29 is 9.53 Å². The number of anilines is 3. The average molecular weight is 361 g/mol. The van der Waals surface area contributed by atoms with Crippen molar-refractivity contribution in [3.05, 3.63) is 40.6 Å². The summed E-state index contributed by atoms with van der Waals surface area (Å²) in [6.07, 6.45) is 5.36. The van der Waals surface area contributed by atoms with E-state index in [4.69, 9.17) is 4.74 Å². The van der Waals surface area contributed by atoms with Gasteiger partial charge in [0.05, 0.1) is 16.9 Å². The Hall–Kier alpha value is -2.52. The first-order chi connectivity index (χ1) is 11.6. The van der Waals surface area contributed by atoms with Gasteiger partial charge in [0.1, 0.15) is 0 Å². The van der Waals surface area contributed by atoms with Crippen molar-refractivity contribution in [2.75, 3.05) is 10.6 Å². The van der Waals surface area contributed by atoms with E-state index in [1.54, 1.807) is 18.6 Å². The number of nitrogens with zero attached hydrogens (tertiary/aromatic N) is 3. The standard InChI is InChI=1S/C15H15N5O2S2/c1-3-11-8-17-14(24-11)20-15(21)22-12-13(23-9(2)18-12)19-10-5-4-6-16-7-10/h4-8,19H,3H2,1-2H3,(H,17,20,21). The summed E-state index contributed by atoms with van der Waals surface area (Å²) in [4.78, 5) is 25.6. The maximum absolute atomic E-state index is 12.1. The first kappa shape index (κ1) is 16.3. The molecule has 0 radical (unpaired) electrons. The topological polar surface area (TPSA) is 89.0 Å². The summed E-state index contributed by atoms with van der Waals surface area (Å²) in [6.45, 7) is 3.88. The molecule has 3 rings (SSSR count). The van der Waals surface area contributed by atoms with Gasteiger partial charge in [0, 0.05) is 17.3 Å². The second-order valence-electron chi connectivity index (χ2n) is 4.73. The minimum atomic E-state index is -0.619. The van der Waals surface area contributed by atoms with Gasteiger partial charge in [0.25, 0.3) is 5.88 Å². The molecule has 0 aliphatic carbocycles. The fourth-order valence-corrected chi connectivity index (χ4v) is 3.36. The number of carbonyl (C=O) groups excluding carboxylic acids is 1. The van der Waals surface area contributed by atoms with Crippen molar-refractivity contribution in [2.45, 2.75) is 20.3 Å². The van der Waals surface area contributed by atoms with Crippen LogP contribution in [0.2, 0.25) is 0 Å². The highest BCUT2D eigenvalue weighted by Crippen LogP contribution is 2.33. The molecule has 0 atom stereocenters. The van der Waals surface area contributed by atoms with Crippen LogP contribution < -0.4 is 15.4 Å². The molecule has 0 unspecified atom stereocenters. The van der Waals surface area contributed by atoms with Crippen LogP contribution in [0.25, 0.3) is 0 Å². The molecule has 7 nitrogen and oxygen atoms in total. The van der Waals surface area contributed by atoms with Gasteiger partial charge in [-0.15, -0.1) is 11.3 Å². The van der Waals surface area contributed by atoms with E-state index < -0.39 is 6.09 Å². The highest BCUT2D eigenvalue weighted by molar-refractivity contribution is 7.16. The monoisotopic (exact) mass is 361 g/mol. The van der Waals surface area contributed by atoms with Crippen molar-refractivity contribution in [1.29, 1.82) is 0 Å². The molecule has 3 aromatic heterocycles. The van der Waals surface area contributed by atoms with Crippen LogP contribution in [0.1, 0.15) is 16.8 Å². The second kappa shape index (κ2) is 7.37. The summed E-state index contributed by atoms with van der Waals surface area (Å²) in [5.41, 5.74) is 0.791. The molecule has 24 heavy (non-hydrogen) atoms. The number of rotatable bonds is 5. The normalized spacial score (nSPS) is 10.4. The van der Waals surface area contributed by atoms with Gasteiger partial charge in [-0.2, -0.15) is 0 Å². The molecule has 0 spiro atoms. The van der Waals surface area contributed by atoms with Crippen LogP contribution in [0, 0.1) is 6.92 Å². The molecule has 0 saturated carbocycles. The van der Waals surface area contributed by atoms with Gasteiger partial charge in [-0.1, -0.05) is 18.3 Å². The second-order valence-corrected chi connectivity index (χ2v) is 7.05. The molecule has 9 heteroatoms. The first-order valence-electron chi connectivity index (χ1n) is 7.22. The van der Waals surface area contributed by atoms with Crippen LogP contribution in [-0.2, 0) is 6.42 Å². The number of aryl methyl sites for hydroxylation is 2. The molecule has 124 valence electrons. The highest BCUT2D eigenvalue weighted by Gasteiger charge is 2.16. The molecule has 3 heterocycles. The molecule has 0 bridgehead atoms. The summed E-state index contributed by atoms with van der Waals surface area (Å²) in [6, 6.07) is 3.69. The lowest BCUT2D eigenvalue weighted by atomic mass is 10.4. The maximum Gasteiger partial charge on any atom is 0.420 e. The number of ether oxygens (including phenoxy) is 1. The molecule has 0 aromatic carbocycles. The fraction of sp³-hybridized carbons (Fsp3) is 0.200. The van der Waals surface area contributed by atoms with Gasteiger partial charge in [-0.25, -0.2) is 14.8 Å². The van der Waals surface area contributed by atoms with Crippen LogP contribution in [0.4, 0.5) is 20.6 Å². The molecular formula is C15H15N5O2S2. The van der Waals surface area contributed by atoms with E-state index in [1.165, 1.54) is 22.7 Å². The lowest BCUT2D eigenvalue weighted by Crippen LogP contribution is -2.17. The Morgan fingerprint density at radius 1 is 1.33 bits per heavy atom. The third-order valence-corrected chi connectivity index (χ3v) is 4.85. The number of pyridine rings is 1. The van der Waals surface area contributed by atoms with Crippen molar-refractivity contribution in [2.24, 2.45) is 0 Å². The maximum atomic E-state index is 12.1. The van der Waals surface area contributed by atoms with E-state index in [2.05, 4.69) is 25.6 Å². The zero-order valence-corrected chi connectivity index (χ0v) is 14.7. The molecule has 2 N–H and O–H groups in total. The summed E-state index contributed by atoms with van der Waals surface area (Å²) < 4.78 is 5.32. The van der Waals surface area contributed by atoms with E-state index in [-0.39, 0.29) is 5.88 Å². The van der Waals surface area contributed by atoms with Gasteiger partial charge in [-0.05, 0) is 25.5 Å². The van der Waals surface area contributed by atoms with E-state index in [9.17, 15) is 4.79 Å². The van der Waals surface area contributed by atoms with Crippen molar-refractivity contribution in [3.63, 3.8) is 0 Å². The number of thiazole rings is 2. The lowest BCUT2D eigenvalue weighted by molar-refractivity contribution is 0.214. The smallest absolute Gasteiger partial charge is 0.388 e. The molecule has 0 aliphatic heterocycles. The van der Waals surface area contributed by atoms with Gasteiger partial charge in [0.2, 0.25) is 0 Å². The van der Waals surface area contributed by atoms with Gasteiger partial charge >= 0.3 is 6.09 Å². The Labute approximate surface area is 146 Å². The summed E-state index contributed by atoms with van der Waals surface area (Å²) in [5.74, 6) is 0.228. The zero-order valence-electron chi connectivity index (χ0n) is 13.1. The number of hydrogen-bond acceptors (Lipinski definition) is 8. The van der Waals surface area contributed by atoms with Gasteiger partial charge < -0.3 is 10.1 Å². The largest absolute Gasteiger partial charge is 0.420 e. The minimum absolute atomic E-state index is 0.228. The number of aromatic nitrogens is 3. The van der Waals surface area contributed by atoms with Crippen molar-refractivity contribution >= 4 is 44.6 Å². The van der Waals surface area contributed by atoms with Crippen LogP contribution in [0.5, 0.6) is 5.88 Å². The van der Waals surface area contributed by atoms with Gasteiger partial charge in [0.15, 0.2) is 10.1 Å². The van der Waals surface area contributed by atoms with Crippen molar-refractivity contribution in [1.82, 2.24) is 15.0 Å². The van der Waals surface area contributed by atoms with Crippen LogP contribution in [0.15, 0.2) is 30.7 Å². The van der Waals surface area contributed by atoms with E-state index in [1.807, 2.05) is 26.0 Å². The van der Waals surface area contributed by atoms with Crippen LogP contribution >= 0.6 is 22.7 Å². The number of carbonyl (C=O) groups is 1. The Morgan fingerprint density at radius 3 is 2.92 bits per heavy atom. The number of nitrogens with one attached hydrogen (secondary N) is 2. The fourth-order valence-electron chi connectivity index (χ4n) is 1.85. The molecule has 0 fully saturated rings. The number of hydrogen-bond donors (Lipinski definition) is 2. The Bertz CT molecular complexity index is 832. The minimum Gasteiger partial charge on any atom is -0.388 e. The van der Waals surface area contributed by atoms with E-state index >= 15 is 0 Å². The van der Waals surface area contributed by atoms with E-state index in [0.29, 0.717) is 10.1 Å². The molecule has 0 saturated heterocycles. The highest BCUT2D eigenvalue weighted by atomic mass is 32.1. The van der Waals surface area contributed by atoms with Gasteiger partial charge in [-0.3, -0.25) is 10.3 Å². The Morgan fingerprint density at radius 2 is 2.21 bits per heavy atom.